The van der Waals surface area contributed by atoms with Crippen LogP contribution in [0.1, 0.15) is 12.8 Å². The molecule has 0 aromatic heterocycles. The third-order valence-corrected chi connectivity index (χ3v) is 2.00. The summed E-state index contributed by atoms with van der Waals surface area (Å²) in [6.45, 7) is 0. The Balaban J connectivity index is 2.38. The lowest BCUT2D eigenvalue weighted by atomic mass is 10.1. The van der Waals surface area contributed by atoms with Gasteiger partial charge in [-0.05, 0) is 24.7 Å². The minimum absolute atomic E-state index is 1.18. The van der Waals surface area contributed by atoms with Crippen LogP contribution in [0.15, 0.2) is 23.8 Å². The lowest BCUT2D eigenvalue weighted by Gasteiger charge is -2.02. The predicted molar refractivity (Wildman–Crippen MR) is 44.8 cm³/mol. The fourth-order valence-electron chi connectivity index (χ4n) is 0.941. The molecule has 0 radical (unpaired) electrons. The Kier molecular flexibility index (Phi) is 2.92. The van der Waals surface area contributed by atoms with Crippen LogP contribution in [0.25, 0.3) is 0 Å². The monoisotopic (exact) mass is 140 g/mol. The van der Waals surface area contributed by atoms with Crippen molar-refractivity contribution in [2.75, 3.05) is 12.0 Å². The Labute approximate surface area is 61.0 Å². The lowest BCUT2D eigenvalue weighted by Crippen LogP contribution is -1.86. The zero-order valence-corrected chi connectivity index (χ0v) is 6.58. The minimum atomic E-state index is 1.18. The summed E-state index contributed by atoms with van der Waals surface area (Å²) in [6, 6.07) is 0. The average molecular weight is 140 g/mol. The first-order chi connectivity index (χ1) is 4.43. The molecule has 0 aliphatic heterocycles. The molecule has 0 amide bonds. The van der Waals surface area contributed by atoms with E-state index >= 15 is 0 Å². The summed E-state index contributed by atoms with van der Waals surface area (Å²) in [5.74, 6) is 1.18. The predicted octanol–water partition coefficient (Wildman–Crippen LogP) is 2.63. The van der Waals surface area contributed by atoms with Gasteiger partial charge in [-0.25, -0.2) is 0 Å². The molecule has 50 valence electrons. The molecule has 0 heterocycles. The van der Waals surface area contributed by atoms with E-state index in [9.17, 15) is 0 Å². The van der Waals surface area contributed by atoms with Crippen molar-refractivity contribution in [3.05, 3.63) is 23.8 Å². The molecule has 0 saturated carbocycles. The third-order valence-electron chi connectivity index (χ3n) is 1.38. The number of rotatable bonds is 2. The summed E-state index contributed by atoms with van der Waals surface area (Å²) < 4.78 is 0. The molecule has 0 aromatic carbocycles. The molecule has 0 bridgehead atoms. The highest BCUT2D eigenvalue weighted by atomic mass is 32.2. The zero-order valence-electron chi connectivity index (χ0n) is 5.76. The van der Waals surface area contributed by atoms with E-state index in [0.29, 0.717) is 0 Å². The van der Waals surface area contributed by atoms with E-state index in [-0.39, 0.29) is 0 Å². The second-order valence-electron chi connectivity index (χ2n) is 2.19. The van der Waals surface area contributed by atoms with Gasteiger partial charge >= 0.3 is 0 Å². The first-order valence-corrected chi connectivity index (χ1v) is 4.67. The Morgan fingerprint density at radius 1 is 1.56 bits per heavy atom. The maximum atomic E-state index is 2.33. The van der Waals surface area contributed by atoms with Crippen LogP contribution in [0.5, 0.6) is 0 Å². The fourth-order valence-corrected chi connectivity index (χ4v) is 1.49. The molecular weight excluding hydrogens is 128 g/mol. The normalized spacial score (nSPS) is 17.7. The second-order valence-corrected chi connectivity index (χ2v) is 3.06. The topological polar surface area (TPSA) is 0 Å². The zero-order chi connectivity index (χ0) is 6.53. The van der Waals surface area contributed by atoms with Gasteiger partial charge in [0.2, 0.25) is 0 Å². The molecule has 0 atom stereocenters. The van der Waals surface area contributed by atoms with Crippen molar-refractivity contribution in [2.24, 2.45) is 0 Å². The molecule has 1 aliphatic rings. The Hall–Kier alpha value is -0.170. The number of allylic oxidation sites excluding steroid dienone is 3. The van der Waals surface area contributed by atoms with Crippen molar-refractivity contribution < 1.29 is 0 Å². The highest BCUT2D eigenvalue weighted by molar-refractivity contribution is 7.98. The Morgan fingerprint density at radius 3 is 3.00 bits per heavy atom. The molecule has 0 nitrogen and oxygen atoms in total. The molecule has 0 unspecified atom stereocenters. The van der Waals surface area contributed by atoms with Crippen LogP contribution < -0.4 is 0 Å². The standard InChI is InChI=1S/C8H12S/c1-9-7-8-5-3-2-4-6-8/h3,5-6H,2,4,7H2,1H3. The van der Waals surface area contributed by atoms with E-state index in [2.05, 4.69) is 24.5 Å². The molecule has 1 aliphatic carbocycles. The van der Waals surface area contributed by atoms with Gasteiger partial charge in [0.1, 0.15) is 0 Å². The van der Waals surface area contributed by atoms with Gasteiger partial charge in [0, 0.05) is 5.75 Å². The second kappa shape index (κ2) is 3.78. The Morgan fingerprint density at radius 2 is 2.44 bits per heavy atom. The molecule has 0 N–H and O–H groups in total. The Bertz CT molecular complexity index is 134. The van der Waals surface area contributed by atoms with Crippen LogP contribution >= 0.6 is 11.8 Å². The fraction of sp³-hybridized carbons (Fsp3) is 0.500. The van der Waals surface area contributed by atoms with E-state index in [1.165, 1.54) is 24.2 Å². The molecule has 1 heteroatoms. The number of thioether (sulfide) groups is 1. The summed E-state index contributed by atoms with van der Waals surface area (Å²) in [5.41, 5.74) is 1.49. The molecule has 1 rings (SSSR count). The van der Waals surface area contributed by atoms with E-state index < -0.39 is 0 Å². The van der Waals surface area contributed by atoms with Gasteiger partial charge in [-0.1, -0.05) is 18.2 Å². The van der Waals surface area contributed by atoms with Crippen molar-refractivity contribution in [3.8, 4) is 0 Å². The van der Waals surface area contributed by atoms with Crippen molar-refractivity contribution in [2.45, 2.75) is 12.8 Å². The van der Waals surface area contributed by atoms with E-state index in [4.69, 9.17) is 0 Å². The smallest absolute Gasteiger partial charge is 0.0178 e. The van der Waals surface area contributed by atoms with Crippen LogP contribution in [-0.4, -0.2) is 12.0 Å². The van der Waals surface area contributed by atoms with Crippen LogP contribution in [0.3, 0.4) is 0 Å². The molecular formula is C8H12S. The van der Waals surface area contributed by atoms with Gasteiger partial charge in [0.25, 0.3) is 0 Å². The molecule has 0 aromatic rings. The van der Waals surface area contributed by atoms with Crippen molar-refractivity contribution in [1.29, 1.82) is 0 Å². The highest BCUT2D eigenvalue weighted by Crippen LogP contribution is 2.12. The van der Waals surface area contributed by atoms with Crippen molar-refractivity contribution in [1.82, 2.24) is 0 Å². The largest absolute Gasteiger partial charge is 0.161 e. The van der Waals surface area contributed by atoms with Crippen LogP contribution in [0.2, 0.25) is 0 Å². The van der Waals surface area contributed by atoms with E-state index in [0.717, 1.165) is 0 Å². The highest BCUT2D eigenvalue weighted by Gasteiger charge is 1.93. The van der Waals surface area contributed by atoms with Crippen LogP contribution in [0.4, 0.5) is 0 Å². The molecule has 0 spiro atoms. The van der Waals surface area contributed by atoms with Gasteiger partial charge in [-0.15, -0.1) is 0 Å². The van der Waals surface area contributed by atoms with Gasteiger partial charge in [0.15, 0.2) is 0 Å². The lowest BCUT2D eigenvalue weighted by molar-refractivity contribution is 1.02. The van der Waals surface area contributed by atoms with Gasteiger partial charge in [-0.2, -0.15) is 11.8 Å². The average Bonchev–Trinajstić information content (AvgIpc) is 1.91. The van der Waals surface area contributed by atoms with Crippen molar-refractivity contribution >= 4 is 11.8 Å². The van der Waals surface area contributed by atoms with Gasteiger partial charge in [-0.3, -0.25) is 0 Å². The third kappa shape index (κ3) is 2.27. The van der Waals surface area contributed by atoms with Crippen molar-refractivity contribution in [3.63, 3.8) is 0 Å². The molecule has 0 saturated heterocycles. The van der Waals surface area contributed by atoms with E-state index in [1.54, 1.807) is 0 Å². The minimum Gasteiger partial charge on any atom is -0.161 e. The van der Waals surface area contributed by atoms with Crippen LogP contribution in [0, 0.1) is 0 Å². The summed E-state index contributed by atoms with van der Waals surface area (Å²) in [7, 11) is 0. The van der Waals surface area contributed by atoms with E-state index in [1.807, 2.05) is 11.8 Å². The van der Waals surface area contributed by atoms with Gasteiger partial charge in [0.05, 0.1) is 0 Å². The summed E-state index contributed by atoms with van der Waals surface area (Å²) in [6.07, 6.45) is 11.4. The molecule has 0 fully saturated rings. The first-order valence-electron chi connectivity index (χ1n) is 3.28. The summed E-state index contributed by atoms with van der Waals surface area (Å²) in [5, 5.41) is 0. The van der Waals surface area contributed by atoms with Crippen LogP contribution in [-0.2, 0) is 0 Å². The maximum absolute atomic E-state index is 2.33. The quantitative estimate of drug-likeness (QED) is 0.568. The van der Waals surface area contributed by atoms with Gasteiger partial charge < -0.3 is 0 Å². The molecule has 9 heavy (non-hydrogen) atoms. The summed E-state index contributed by atoms with van der Waals surface area (Å²) in [4.78, 5) is 0. The maximum Gasteiger partial charge on any atom is 0.0178 e. The SMILES string of the molecule is CSCC1=CCCC=C1. The number of hydrogen-bond acceptors (Lipinski definition) is 1. The number of hydrogen-bond donors (Lipinski definition) is 0. The summed E-state index contributed by atoms with van der Waals surface area (Å²) >= 11 is 1.89. The first kappa shape index (κ1) is 6.94.